The first-order chi connectivity index (χ1) is 16.5. The molecule has 0 aromatic heterocycles. The van der Waals surface area contributed by atoms with Crippen LogP contribution in [0.3, 0.4) is 0 Å². The van der Waals surface area contributed by atoms with Crippen molar-refractivity contribution in [3.63, 3.8) is 0 Å². The van der Waals surface area contributed by atoms with E-state index in [1.165, 1.54) is 0 Å². The van der Waals surface area contributed by atoms with Gasteiger partial charge < -0.3 is 28.5 Å². The Hall–Kier alpha value is -0.423. The lowest BCUT2D eigenvalue weighted by molar-refractivity contribution is -0.163. The third-order valence-corrected chi connectivity index (χ3v) is 12.0. The van der Waals surface area contributed by atoms with Gasteiger partial charge >= 0.3 is 0 Å². The first-order valence-corrected chi connectivity index (χ1v) is 16.1. The predicted molar refractivity (Wildman–Crippen MR) is 145 cm³/mol. The molecule has 1 saturated heterocycles. The molecule has 1 N–H and O–H groups in total. The van der Waals surface area contributed by atoms with Crippen LogP contribution < -0.4 is 0 Å². The van der Waals surface area contributed by atoms with E-state index in [4.69, 9.17) is 58.2 Å². The van der Waals surface area contributed by atoms with Gasteiger partial charge in [0.05, 0.1) is 19.8 Å². The minimum Gasteiger partial charge on any atom is -0.475 e. The lowest BCUT2D eigenvalue weighted by Crippen LogP contribution is -2.57. The molecule has 1 aromatic rings. The molecular weight excluding hydrogens is 545 g/mol. The van der Waals surface area contributed by atoms with Crippen LogP contribution in [0.5, 0.6) is 0 Å². The number of ether oxygens (including phenoxy) is 4. The summed E-state index contributed by atoms with van der Waals surface area (Å²) in [5, 5.41) is 11.7. The number of rotatable bonds is 9. The van der Waals surface area contributed by atoms with Crippen molar-refractivity contribution in [2.75, 3.05) is 19.8 Å². The summed E-state index contributed by atoms with van der Waals surface area (Å²) in [5.41, 5.74) is -0.214. The summed E-state index contributed by atoms with van der Waals surface area (Å²) < 4.78 is 28.5. The Kier molecular flexibility index (Phi) is 9.19. The third-order valence-electron chi connectivity index (χ3n) is 6.99. The SMILES string of the molecule is CC1(C)O[C@@H]([C@H](O)[C@]2(CO[Si](C)(C)C(C)(C)C)COC(C(Cl)(Cl)Cl)=N2)[C@H](COCc2ccccc2)O1. The Balaban J connectivity index is 1.84. The zero-order chi connectivity index (χ0) is 27.0. The summed E-state index contributed by atoms with van der Waals surface area (Å²) in [6.07, 6.45) is -2.52. The summed E-state index contributed by atoms with van der Waals surface area (Å²) in [7, 11) is -2.21. The number of hydrogen-bond donors (Lipinski definition) is 1. The molecule has 2 aliphatic rings. The van der Waals surface area contributed by atoms with Gasteiger partial charge in [-0.15, -0.1) is 0 Å². The van der Waals surface area contributed by atoms with E-state index in [9.17, 15) is 5.11 Å². The average molecular weight is 583 g/mol. The number of benzene rings is 1. The van der Waals surface area contributed by atoms with Crippen molar-refractivity contribution >= 4 is 49.0 Å². The fourth-order valence-electron chi connectivity index (χ4n) is 3.87. The van der Waals surface area contributed by atoms with E-state index in [-0.39, 0.29) is 30.8 Å². The lowest BCUT2D eigenvalue weighted by Gasteiger charge is -2.40. The van der Waals surface area contributed by atoms with E-state index in [2.05, 4.69) is 38.9 Å². The summed E-state index contributed by atoms with van der Waals surface area (Å²) in [6.45, 7) is 14.9. The highest BCUT2D eigenvalue weighted by Gasteiger charge is 2.57. The van der Waals surface area contributed by atoms with Gasteiger partial charge in [0.15, 0.2) is 14.1 Å². The highest BCUT2D eigenvalue weighted by molar-refractivity contribution is 6.76. The highest BCUT2D eigenvalue weighted by Crippen LogP contribution is 2.42. The molecule has 0 spiro atoms. The standard InChI is InChI=1S/C25H38Cl3NO6Si/c1-22(2,3)36(6,7)33-16-24(15-32-21(29-24)25(26,27)28)20(30)19-18(34-23(4,5)35-19)14-31-13-17-11-9-8-10-12-17/h8-12,18-20,30H,13-16H2,1-7H3/t18-,19+,20-,24+/m0/s1. The molecule has 3 rings (SSSR count). The first-order valence-electron chi connectivity index (χ1n) is 12.0. The molecule has 204 valence electrons. The maximum atomic E-state index is 11.8. The Morgan fingerprint density at radius 1 is 1.14 bits per heavy atom. The topological polar surface area (TPSA) is 78.7 Å². The minimum atomic E-state index is -2.21. The summed E-state index contributed by atoms with van der Waals surface area (Å²) in [6, 6.07) is 9.83. The van der Waals surface area contributed by atoms with Crippen LogP contribution in [0.25, 0.3) is 0 Å². The molecule has 0 saturated carbocycles. The fourth-order valence-corrected chi connectivity index (χ4v) is 5.20. The van der Waals surface area contributed by atoms with Gasteiger partial charge in [0.1, 0.15) is 30.5 Å². The molecule has 1 aromatic carbocycles. The summed E-state index contributed by atoms with van der Waals surface area (Å²) >= 11 is 18.2. The molecule has 1 fully saturated rings. The van der Waals surface area contributed by atoms with Crippen molar-refractivity contribution in [2.45, 2.75) is 92.8 Å². The van der Waals surface area contributed by atoms with Gasteiger partial charge in [-0.05, 0) is 37.5 Å². The smallest absolute Gasteiger partial charge is 0.266 e. The van der Waals surface area contributed by atoms with Crippen molar-refractivity contribution in [3.8, 4) is 0 Å². The number of hydrogen-bond acceptors (Lipinski definition) is 7. The number of aliphatic hydroxyl groups is 1. The molecule has 36 heavy (non-hydrogen) atoms. The second kappa shape index (κ2) is 11.0. The monoisotopic (exact) mass is 581 g/mol. The van der Waals surface area contributed by atoms with Gasteiger partial charge in [0, 0.05) is 0 Å². The molecule has 4 atom stereocenters. The second-order valence-corrected chi connectivity index (χ2v) is 18.5. The zero-order valence-corrected chi connectivity index (χ0v) is 25.3. The van der Waals surface area contributed by atoms with Crippen LogP contribution in [0.1, 0.15) is 40.2 Å². The highest BCUT2D eigenvalue weighted by atomic mass is 35.6. The van der Waals surface area contributed by atoms with Crippen molar-refractivity contribution in [3.05, 3.63) is 35.9 Å². The van der Waals surface area contributed by atoms with Crippen molar-refractivity contribution in [2.24, 2.45) is 4.99 Å². The van der Waals surface area contributed by atoms with E-state index < -0.39 is 41.7 Å². The Labute approximate surface area is 230 Å². The molecule has 0 bridgehead atoms. The molecule has 11 heteroatoms. The maximum Gasteiger partial charge on any atom is 0.266 e. The van der Waals surface area contributed by atoms with E-state index in [0.29, 0.717) is 6.61 Å². The fraction of sp³-hybridized carbons (Fsp3) is 0.720. The van der Waals surface area contributed by atoms with E-state index >= 15 is 0 Å². The summed E-state index contributed by atoms with van der Waals surface area (Å²) in [5.74, 6) is -1.02. The van der Waals surface area contributed by atoms with Crippen LogP contribution in [0.15, 0.2) is 35.3 Å². The molecule has 7 nitrogen and oxygen atoms in total. The third kappa shape index (κ3) is 7.15. The van der Waals surface area contributed by atoms with Gasteiger partial charge in [0.2, 0.25) is 5.90 Å². The van der Waals surface area contributed by atoms with Gasteiger partial charge in [-0.1, -0.05) is 85.9 Å². The quantitative estimate of drug-likeness (QED) is 0.300. The van der Waals surface area contributed by atoms with Crippen LogP contribution >= 0.6 is 34.8 Å². The van der Waals surface area contributed by atoms with Crippen LogP contribution in [0.4, 0.5) is 0 Å². The Morgan fingerprint density at radius 2 is 1.78 bits per heavy atom. The largest absolute Gasteiger partial charge is 0.475 e. The van der Waals surface area contributed by atoms with Gasteiger partial charge in [0.25, 0.3) is 3.79 Å². The number of halogens is 3. The van der Waals surface area contributed by atoms with Crippen LogP contribution in [0.2, 0.25) is 18.1 Å². The Morgan fingerprint density at radius 3 is 2.33 bits per heavy atom. The van der Waals surface area contributed by atoms with E-state index in [1.807, 2.05) is 30.3 Å². The molecule has 2 aliphatic heterocycles. The molecule has 0 unspecified atom stereocenters. The van der Waals surface area contributed by atoms with Crippen LogP contribution in [-0.2, 0) is 30.0 Å². The van der Waals surface area contributed by atoms with Crippen molar-refractivity contribution < 1.29 is 28.5 Å². The Bertz CT molecular complexity index is 919. The second-order valence-electron chi connectivity index (χ2n) is 11.4. The predicted octanol–water partition coefficient (Wildman–Crippen LogP) is 5.64. The van der Waals surface area contributed by atoms with Gasteiger partial charge in [-0.3, -0.25) is 0 Å². The van der Waals surface area contributed by atoms with E-state index in [0.717, 1.165) is 5.56 Å². The van der Waals surface area contributed by atoms with Gasteiger partial charge in [-0.25, -0.2) is 4.99 Å². The molecule has 2 heterocycles. The van der Waals surface area contributed by atoms with Crippen molar-refractivity contribution in [1.82, 2.24) is 0 Å². The summed E-state index contributed by atoms with van der Waals surface area (Å²) in [4.78, 5) is 4.60. The number of aliphatic imine (C=N–C) groups is 1. The van der Waals surface area contributed by atoms with Gasteiger partial charge in [-0.2, -0.15) is 0 Å². The maximum absolute atomic E-state index is 11.8. The normalized spacial score (nSPS) is 27.6. The minimum absolute atomic E-state index is 0.0239. The molecule has 0 radical (unpaired) electrons. The number of aliphatic hydroxyl groups excluding tert-OH is 1. The molecular formula is C25H38Cl3NO6Si. The molecule has 0 amide bonds. The number of nitrogens with zero attached hydrogens (tertiary/aromatic N) is 1. The number of alkyl halides is 3. The zero-order valence-electron chi connectivity index (χ0n) is 22.0. The lowest BCUT2D eigenvalue weighted by atomic mass is 9.89. The van der Waals surface area contributed by atoms with E-state index in [1.54, 1.807) is 13.8 Å². The van der Waals surface area contributed by atoms with Crippen molar-refractivity contribution in [1.29, 1.82) is 0 Å². The first kappa shape index (κ1) is 30.1. The van der Waals surface area contributed by atoms with Crippen LogP contribution in [-0.4, -0.2) is 72.6 Å². The average Bonchev–Trinajstić information content (AvgIpc) is 3.34. The molecule has 0 aliphatic carbocycles. The van der Waals surface area contributed by atoms with Crippen LogP contribution in [0, 0.1) is 0 Å².